The van der Waals surface area contributed by atoms with Crippen molar-refractivity contribution in [2.45, 2.75) is 0 Å². The number of nitrogens with one attached hydrogen (secondary N) is 2. The minimum Gasteiger partial charge on any atom is -0.394 e. The van der Waals surface area contributed by atoms with E-state index in [1.165, 1.54) is 0 Å². The molecule has 0 fully saturated rings. The van der Waals surface area contributed by atoms with E-state index in [1.807, 2.05) is 42.1 Å². The smallest absolute Gasteiger partial charge is 0.319 e. The molecule has 0 spiro atoms. The van der Waals surface area contributed by atoms with Crippen molar-refractivity contribution in [3.63, 3.8) is 0 Å². The van der Waals surface area contributed by atoms with Gasteiger partial charge in [-0.1, -0.05) is 18.2 Å². The van der Waals surface area contributed by atoms with Gasteiger partial charge in [0, 0.05) is 30.7 Å². The topological polar surface area (TPSA) is 75.5 Å². The van der Waals surface area contributed by atoms with Crippen LogP contribution in [0.3, 0.4) is 0 Å². The molecule has 2 rings (SSSR count). The molecule has 0 saturated carbocycles. The molecule has 0 atom stereocenters. The van der Waals surface area contributed by atoms with Gasteiger partial charge in [0.05, 0.1) is 25.5 Å². The second kappa shape index (κ2) is 6.93. The van der Waals surface area contributed by atoms with E-state index in [1.54, 1.807) is 0 Å². The summed E-state index contributed by atoms with van der Waals surface area (Å²) < 4.78 is 7.03. The molecule has 0 saturated heterocycles. The summed E-state index contributed by atoms with van der Waals surface area (Å²) in [5.74, 6) is 0. The Kier molecular flexibility index (Phi) is 4.97. The van der Waals surface area contributed by atoms with Crippen LogP contribution in [0.5, 0.6) is 0 Å². The number of rotatable bonds is 6. The van der Waals surface area contributed by atoms with E-state index in [0.29, 0.717) is 13.2 Å². The largest absolute Gasteiger partial charge is 0.394 e. The summed E-state index contributed by atoms with van der Waals surface area (Å²) in [6.07, 6.45) is 1.88. The number of anilines is 1. The molecule has 1 heterocycles. The highest BCUT2D eigenvalue weighted by molar-refractivity contribution is 6.01. The average Bonchev–Trinajstić information content (AvgIpc) is 2.76. The third-order valence-corrected chi connectivity index (χ3v) is 2.91. The zero-order valence-corrected chi connectivity index (χ0v) is 11.4. The zero-order chi connectivity index (χ0) is 14.4. The van der Waals surface area contributed by atoms with E-state index < -0.39 is 0 Å². The Bertz CT molecular complexity index is 580. The second-order valence-corrected chi connectivity index (χ2v) is 4.39. The first-order valence-corrected chi connectivity index (χ1v) is 6.50. The van der Waals surface area contributed by atoms with Gasteiger partial charge in [-0.25, -0.2) is 4.79 Å². The van der Waals surface area contributed by atoms with Gasteiger partial charge in [0.1, 0.15) is 0 Å². The average molecular weight is 277 g/mol. The molecule has 0 aliphatic heterocycles. The predicted molar refractivity (Wildman–Crippen MR) is 77.8 cm³/mol. The number of amides is 2. The molecule has 1 aromatic heterocycles. The number of aromatic nitrogens is 1. The Morgan fingerprint density at radius 2 is 2.15 bits per heavy atom. The third-order valence-electron chi connectivity index (χ3n) is 2.91. The highest BCUT2D eigenvalue weighted by atomic mass is 16.5. The molecule has 0 unspecified atom stereocenters. The molecule has 0 aliphatic rings. The summed E-state index contributed by atoms with van der Waals surface area (Å²) in [5.41, 5.74) is 1.84. The maximum Gasteiger partial charge on any atom is 0.319 e. The minimum atomic E-state index is -0.269. The molecule has 6 heteroatoms. The molecular weight excluding hydrogens is 258 g/mol. The van der Waals surface area contributed by atoms with Crippen LogP contribution in [0.4, 0.5) is 10.5 Å². The van der Waals surface area contributed by atoms with Crippen molar-refractivity contribution in [3.8, 4) is 0 Å². The van der Waals surface area contributed by atoms with Gasteiger partial charge in [-0.05, 0) is 6.07 Å². The number of aliphatic hydroxyl groups excluding tert-OH is 1. The fraction of sp³-hybridized carbons (Fsp3) is 0.357. The molecule has 3 N–H and O–H groups in total. The van der Waals surface area contributed by atoms with Crippen LogP contribution >= 0.6 is 0 Å². The van der Waals surface area contributed by atoms with Gasteiger partial charge in [0.25, 0.3) is 0 Å². The first-order valence-electron chi connectivity index (χ1n) is 6.50. The van der Waals surface area contributed by atoms with Crippen molar-refractivity contribution >= 4 is 22.6 Å². The number of nitrogens with zero attached hydrogens (tertiary/aromatic N) is 1. The summed E-state index contributed by atoms with van der Waals surface area (Å²) >= 11 is 0. The van der Waals surface area contributed by atoms with Crippen LogP contribution in [0.1, 0.15) is 0 Å². The second-order valence-electron chi connectivity index (χ2n) is 4.39. The van der Waals surface area contributed by atoms with Crippen LogP contribution in [0.25, 0.3) is 10.9 Å². The fourth-order valence-electron chi connectivity index (χ4n) is 2.01. The summed E-state index contributed by atoms with van der Waals surface area (Å²) in [6.45, 7) is 1.05. The number of hydrogen-bond donors (Lipinski definition) is 3. The Balaban J connectivity index is 1.90. The van der Waals surface area contributed by atoms with Crippen molar-refractivity contribution < 1.29 is 14.6 Å². The van der Waals surface area contributed by atoms with Crippen LogP contribution in [-0.2, 0) is 11.8 Å². The first-order chi connectivity index (χ1) is 9.72. The first kappa shape index (κ1) is 14.4. The van der Waals surface area contributed by atoms with Crippen molar-refractivity contribution in [2.24, 2.45) is 7.05 Å². The summed E-state index contributed by atoms with van der Waals surface area (Å²) in [4.78, 5) is 11.8. The molecule has 2 amide bonds. The summed E-state index contributed by atoms with van der Waals surface area (Å²) in [6, 6.07) is 7.60. The van der Waals surface area contributed by atoms with Gasteiger partial charge in [0.15, 0.2) is 0 Å². The maximum absolute atomic E-state index is 11.8. The van der Waals surface area contributed by atoms with E-state index in [2.05, 4.69) is 10.6 Å². The van der Waals surface area contributed by atoms with Crippen LogP contribution in [0.15, 0.2) is 30.5 Å². The van der Waals surface area contributed by atoms with E-state index in [9.17, 15) is 4.79 Å². The van der Waals surface area contributed by atoms with E-state index in [0.717, 1.165) is 16.6 Å². The Hall–Kier alpha value is -2.05. The number of para-hydroxylation sites is 1. The van der Waals surface area contributed by atoms with Crippen LogP contribution in [-0.4, -0.2) is 42.1 Å². The van der Waals surface area contributed by atoms with Crippen molar-refractivity contribution in [1.82, 2.24) is 9.88 Å². The normalized spacial score (nSPS) is 10.7. The number of hydrogen-bond acceptors (Lipinski definition) is 3. The summed E-state index contributed by atoms with van der Waals surface area (Å²) in [7, 11) is 1.94. The van der Waals surface area contributed by atoms with Crippen LogP contribution < -0.4 is 10.6 Å². The molecule has 6 nitrogen and oxygen atoms in total. The lowest BCUT2D eigenvalue weighted by molar-refractivity contribution is 0.0950. The van der Waals surface area contributed by atoms with Gasteiger partial charge in [-0.3, -0.25) is 0 Å². The third kappa shape index (κ3) is 3.49. The van der Waals surface area contributed by atoms with Gasteiger partial charge >= 0.3 is 6.03 Å². The quantitative estimate of drug-likeness (QED) is 0.697. The molecule has 0 radical (unpaired) electrons. The van der Waals surface area contributed by atoms with Gasteiger partial charge in [-0.15, -0.1) is 0 Å². The molecular formula is C14H19N3O3. The predicted octanol–water partition coefficient (Wildman–Crippen LogP) is 1.31. The van der Waals surface area contributed by atoms with E-state index >= 15 is 0 Å². The lowest BCUT2D eigenvalue weighted by atomic mass is 10.2. The maximum atomic E-state index is 11.8. The van der Waals surface area contributed by atoms with Gasteiger partial charge < -0.3 is 25.0 Å². The number of ether oxygens (including phenoxy) is 1. The molecule has 0 bridgehead atoms. The SMILES string of the molecule is Cn1cc(NC(=O)NCCOCCO)c2ccccc21. The lowest BCUT2D eigenvalue weighted by Crippen LogP contribution is -2.31. The lowest BCUT2D eigenvalue weighted by Gasteiger charge is -2.07. The number of aliphatic hydroxyl groups is 1. The fourth-order valence-corrected chi connectivity index (χ4v) is 2.01. The zero-order valence-electron chi connectivity index (χ0n) is 11.4. The Morgan fingerprint density at radius 1 is 1.35 bits per heavy atom. The number of fused-ring (bicyclic) bond motifs is 1. The number of carbonyl (C=O) groups excluding carboxylic acids is 1. The Labute approximate surface area is 117 Å². The van der Waals surface area contributed by atoms with Crippen LogP contribution in [0.2, 0.25) is 0 Å². The van der Waals surface area contributed by atoms with Crippen molar-refractivity contribution in [1.29, 1.82) is 0 Å². The molecule has 108 valence electrons. The van der Waals surface area contributed by atoms with Crippen molar-refractivity contribution in [2.75, 3.05) is 31.7 Å². The number of benzene rings is 1. The highest BCUT2D eigenvalue weighted by Crippen LogP contribution is 2.24. The number of urea groups is 1. The number of carbonyl (C=O) groups is 1. The monoisotopic (exact) mass is 277 g/mol. The standard InChI is InChI=1S/C14H19N3O3/c1-17-10-12(11-4-2-3-5-13(11)17)16-14(19)15-6-8-20-9-7-18/h2-5,10,18H,6-9H2,1H3,(H2,15,16,19). The van der Waals surface area contributed by atoms with Crippen molar-refractivity contribution in [3.05, 3.63) is 30.5 Å². The van der Waals surface area contributed by atoms with E-state index in [-0.39, 0.29) is 19.2 Å². The van der Waals surface area contributed by atoms with Gasteiger partial charge in [-0.2, -0.15) is 0 Å². The van der Waals surface area contributed by atoms with E-state index in [4.69, 9.17) is 9.84 Å². The molecule has 20 heavy (non-hydrogen) atoms. The Morgan fingerprint density at radius 3 is 2.95 bits per heavy atom. The highest BCUT2D eigenvalue weighted by Gasteiger charge is 2.08. The molecule has 2 aromatic rings. The summed E-state index contributed by atoms with van der Waals surface area (Å²) in [5, 5.41) is 15.1. The molecule has 0 aliphatic carbocycles. The number of aryl methyl sites for hydroxylation is 1. The molecule has 1 aromatic carbocycles. The van der Waals surface area contributed by atoms with Crippen LogP contribution in [0, 0.1) is 0 Å². The minimum absolute atomic E-state index is 0.0117. The van der Waals surface area contributed by atoms with Gasteiger partial charge in [0.2, 0.25) is 0 Å².